The molecule has 0 aromatic heterocycles. The van der Waals surface area contributed by atoms with Crippen molar-refractivity contribution in [1.82, 2.24) is 0 Å². The number of rotatable bonds is 6. The van der Waals surface area contributed by atoms with Crippen molar-refractivity contribution in [3.05, 3.63) is 17.1 Å². The SMILES string of the molecule is CCC/C=C\CC(CC)N=O. The van der Waals surface area contributed by atoms with Crippen molar-refractivity contribution in [2.75, 3.05) is 0 Å². The van der Waals surface area contributed by atoms with Gasteiger partial charge in [-0.25, -0.2) is 0 Å². The Balaban J connectivity index is 3.41. The van der Waals surface area contributed by atoms with Crippen LogP contribution in [0.1, 0.15) is 39.5 Å². The van der Waals surface area contributed by atoms with Gasteiger partial charge in [0.1, 0.15) is 0 Å². The highest BCUT2D eigenvalue weighted by atomic mass is 16.3. The molecule has 0 aliphatic heterocycles. The zero-order valence-electron chi connectivity index (χ0n) is 7.42. The van der Waals surface area contributed by atoms with Gasteiger partial charge in [0.25, 0.3) is 0 Å². The van der Waals surface area contributed by atoms with Gasteiger partial charge >= 0.3 is 0 Å². The molecular weight excluding hydrogens is 138 g/mol. The first-order valence-electron chi connectivity index (χ1n) is 4.32. The second-order valence-corrected chi connectivity index (χ2v) is 2.66. The molecular formula is C9H17NO. The van der Waals surface area contributed by atoms with Crippen LogP contribution in [0.15, 0.2) is 17.3 Å². The Hall–Kier alpha value is -0.660. The topological polar surface area (TPSA) is 29.4 Å². The van der Waals surface area contributed by atoms with E-state index >= 15 is 0 Å². The van der Waals surface area contributed by atoms with Crippen LogP contribution in [0, 0.1) is 4.91 Å². The molecule has 11 heavy (non-hydrogen) atoms. The van der Waals surface area contributed by atoms with Crippen LogP contribution >= 0.6 is 0 Å². The van der Waals surface area contributed by atoms with E-state index in [1.54, 1.807) is 0 Å². The molecule has 0 heterocycles. The summed E-state index contributed by atoms with van der Waals surface area (Å²) in [6, 6.07) is -0.0110. The summed E-state index contributed by atoms with van der Waals surface area (Å²) in [6.07, 6.45) is 8.10. The molecule has 1 atom stereocenters. The quantitative estimate of drug-likeness (QED) is 0.427. The molecule has 0 fully saturated rings. The number of hydrogen-bond acceptors (Lipinski definition) is 2. The highest BCUT2D eigenvalue weighted by molar-refractivity contribution is 4.85. The minimum atomic E-state index is -0.0110. The minimum absolute atomic E-state index is 0.0110. The van der Waals surface area contributed by atoms with Crippen LogP contribution in [-0.2, 0) is 0 Å². The van der Waals surface area contributed by atoms with Gasteiger partial charge in [-0.1, -0.05) is 37.6 Å². The molecule has 0 radical (unpaired) electrons. The van der Waals surface area contributed by atoms with Gasteiger partial charge in [-0.05, 0) is 19.3 Å². The average molecular weight is 155 g/mol. The van der Waals surface area contributed by atoms with Gasteiger partial charge < -0.3 is 0 Å². The molecule has 2 nitrogen and oxygen atoms in total. The molecule has 2 heteroatoms. The van der Waals surface area contributed by atoms with Crippen LogP contribution in [-0.4, -0.2) is 6.04 Å². The van der Waals surface area contributed by atoms with E-state index in [-0.39, 0.29) is 6.04 Å². The van der Waals surface area contributed by atoms with Crippen molar-refractivity contribution >= 4 is 0 Å². The molecule has 0 spiro atoms. The van der Waals surface area contributed by atoms with E-state index in [1.165, 1.54) is 6.42 Å². The first kappa shape index (κ1) is 10.3. The van der Waals surface area contributed by atoms with Gasteiger partial charge in [-0.2, -0.15) is 4.91 Å². The maximum absolute atomic E-state index is 10.1. The van der Waals surface area contributed by atoms with Crippen molar-refractivity contribution < 1.29 is 0 Å². The fraction of sp³-hybridized carbons (Fsp3) is 0.778. The normalized spacial score (nSPS) is 13.6. The van der Waals surface area contributed by atoms with Gasteiger partial charge in [0.05, 0.1) is 6.04 Å². The molecule has 0 aliphatic carbocycles. The van der Waals surface area contributed by atoms with E-state index in [2.05, 4.69) is 24.3 Å². The zero-order chi connectivity index (χ0) is 8.53. The predicted molar refractivity (Wildman–Crippen MR) is 48.5 cm³/mol. The number of unbranched alkanes of at least 4 members (excludes halogenated alkanes) is 1. The van der Waals surface area contributed by atoms with Crippen LogP contribution in [0.25, 0.3) is 0 Å². The number of allylic oxidation sites excluding steroid dienone is 1. The third kappa shape index (κ3) is 5.77. The van der Waals surface area contributed by atoms with Crippen LogP contribution in [0.3, 0.4) is 0 Å². The van der Waals surface area contributed by atoms with E-state index in [0.717, 1.165) is 19.3 Å². The molecule has 1 unspecified atom stereocenters. The second kappa shape index (κ2) is 7.45. The summed E-state index contributed by atoms with van der Waals surface area (Å²) < 4.78 is 0. The lowest BCUT2D eigenvalue weighted by Crippen LogP contribution is -1.97. The molecule has 0 aliphatic rings. The van der Waals surface area contributed by atoms with Gasteiger partial charge in [-0.15, -0.1) is 0 Å². The molecule has 0 saturated heterocycles. The standard InChI is InChI=1S/C9H17NO/c1-3-5-6-7-8-9(4-2)10-11/h6-7,9H,3-5,8H2,1-2H3/b7-6-. The summed E-state index contributed by atoms with van der Waals surface area (Å²) in [5.74, 6) is 0. The highest BCUT2D eigenvalue weighted by Crippen LogP contribution is 2.03. The summed E-state index contributed by atoms with van der Waals surface area (Å²) in [5, 5.41) is 3.00. The summed E-state index contributed by atoms with van der Waals surface area (Å²) in [6.45, 7) is 4.12. The molecule has 0 aromatic rings. The molecule has 0 aromatic carbocycles. The van der Waals surface area contributed by atoms with Gasteiger partial charge in [0.2, 0.25) is 0 Å². The van der Waals surface area contributed by atoms with Crippen LogP contribution in [0.4, 0.5) is 0 Å². The largest absolute Gasteiger partial charge is 0.151 e. The van der Waals surface area contributed by atoms with Gasteiger partial charge in [-0.3, -0.25) is 0 Å². The number of nitrogens with zero attached hydrogens (tertiary/aromatic N) is 1. The smallest absolute Gasteiger partial charge is 0.0951 e. The van der Waals surface area contributed by atoms with E-state index < -0.39 is 0 Å². The van der Waals surface area contributed by atoms with Crippen molar-refractivity contribution in [2.45, 2.75) is 45.6 Å². The van der Waals surface area contributed by atoms with E-state index in [9.17, 15) is 4.91 Å². The number of nitroso groups, excluding NO2 is 1. The Bertz CT molecular complexity index is 121. The third-order valence-corrected chi connectivity index (χ3v) is 1.65. The van der Waals surface area contributed by atoms with Crippen LogP contribution in [0.5, 0.6) is 0 Å². The Morgan fingerprint density at radius 3 is 2.55 bits per heavy atom. The highest BCUT2D eigenvalue weighted by Gasteiger charge is 2.00. The minimum Gasteiger partial charge on any atom is -0.151 e. The maximum atomic E-state index is 10.1. The molecule has 0 amide bonds. The zero-order valence-corrected chi connectivity index (χ0v) is 7.42. The van der Waals surface area contributed by atoms with Crippen molar-refractivity contribution in [3.8, 4) is 0 Å². The fourth-order valence-corrected chi connectivity index (χ4v) is 0.822. The van der Waals surface area contributed by atoms with Gasteiger partial charge in [0, 0.05) is 0 Å². The Morgan fingerprint density at radius 1 is 1.36 bits per heavy atom. The van der Waals surface area contributed by atoms with Crippen molar-refractivity contribution in [1.29, 1.82) is 0 Å². The predicted octanol–water partition coefficient (Wildman–Crippen LogP) is 3.28. The van der Waals surface area contributed by atoms with Crippen molar-refractivity contribution in [3.63, 3.8) is 0 Å². The molecule has 0 saturated carbocycles. The maximum Gasteiger partial charge on any atom is 0.0951 e. The second-order valence-electron chi connectivity index (χ2n) is 2.66. The molecule has 64 valence electrons. The van der Waals surface area contributed by atoms with E-state index in [4.69, 9.17) is 0 Å². The Kier molecular flexibility index (Phi) is 7.00. The lowest BCUT2D eigenvalue weighted by molar-refractivity contribution is 0.655. The molecule has 0 rings (SSSR count). The Morgan fingerprint density at radius 2 is 2.09 bits per heavy atom. The van der Waals surface area contributed by atoms with E-state index in [0.29, 0.717) is 0 Å². The summed E-state index contributed by atoms with van der Waals surface area (Å²) in [7, 11) is 0. The fourth-order valence-electron chi connectivity index (χ4n) is 0.822. The molecule has 0 bridgehead atoms. The van der Waals surface area contributed by atoms with E-state index in [1.807, 2.05) is 6.92 Å². The molecule has 0 N–H and O–H groups in total. The summed E-state index contributed by atoms with van der Waals surface area (Å²) >= 11 is 0. The van der Waals surface area contributed by atoms with Crippen LogP contribution < -0.4 is 0 Å². The summed E-state index contributed by atoms with van der Waals surface area (Å²) in [4.78, 5) is 10.1. The monoisotopic (exact) mass is 155 g/mol. The third-order valence-electron chi connectivity index (χ3n) is 1.65. The average Bonchev–Trinajstić information content (AvgIpc) is 2.05. The Labute approximate surface area is 68.7 Å². The first-order valence-corrected chi connectivity index (χ1v) is 4.32. The van der Waals surface area contributed by atoms with Crippen molar-refractivity contribution in [2.24, 2.45) is 5.18 Å². The first-order chi connectivity index (χ1) is 5.35. The number of hydrogen-bond donors (Lipinski definition) is 0. The lowest BCUT2D eigenvalue weighted by Gasteiger charge is -1.99. The van der Waals surface area contributed by atoms with Crippen LogP contribution in [0.2, 0.25) is 0 Å². The lowest BCUT2D eigenvalue weighted by atomic mass is 10.1. The van der Waals surface area contributed by atoms with Gasteiger partial charge in [0.15, 0.2) is 0 Å². The summed E-state index contributed by atoms with van der Waals surface area (Å²) in [5.41, 5.74) is 0.